The van der Waals surface area contributed by atoms with Gasteiger partial charge in [0.05, 0.1) is 19.8 Å². The lowest BCUT2D eigenvalue weighted by Gasteiger charge is -2.33. The van der Waals surface area contributed by atoms with Crippen LogP contribution < -0.4 is 4.74 Å². The molecule has 0 unspecified atom stereocenters. The molecule has 0 N–H and O–H groups in total. The largest absolute Gasteiger partial charge is 0.494 e. The summed E-state index contributed by atoms with van der Waals surface area (Å²) in [7, 11) is 0. The first-order valence-electron chi connectivity index (χ1n) is 7.96. The molecule has 1 saturated heterocycles. The summed E-state index contributed by atoms with van der Waals surface area (Å²) < 4.78 is 25.4. The van der Waals surface area contributed by atoms with E-state index in [0.29, 0.717) is 19.4 Å². The van der Waals surface area contributed by atoms with Crippen LogP contribution in [0.25, 0.3) is 0 Å². The van der Waals surface area contributed by atoms with E-state index in [0.717, 1.165) is 32.8 Å². The number of alkyl halides is 1. The van der Waals surface area contributed by atoms with E-state index in [1.165, 1.54) is 0 Å². The van der Waals surface area contributed by atoms with Gasteiger partial charge < -0.3 is 9.47 Å². The van der Waals surface area contributed by atoms with Gasteiger partial charge >= 0.3 is 0 Å². The summed E-state index contributed by atoms with van der Waals surface area (Å²) >= 11 is 9.70. The van der Waals surface area contributed by atoms with E-state index in [1.807, 2.05) is 42.5 Å². The van der Waals surface area contributed by atoms with Gasteiger partial charge in [0.15, 0.2) is 5.67 Å². The first-order valence-corrected chi connectivity index (χ1v) is 9.14. The highest BCUT2D eigenvalue weighted by Crippen LogP contribution is 2.27. The minimum atomic E-state index is -1.13. The Kier molecular flexibility index (Phi) is 5.80. The van der Waals surface area contributed by atoms with E-state index in [1.54, 1.807) is 0 Å². The number of hydrogen-bond donors (Lipinski definition) is 0. The van der Waals surface area contributed by atoms with Crippen molar-refractivity contribution in [1.29, 1.82) is 0 Å². The second-order valence-electron chi connectivity index (χ2n) is 6.15. The van der Waals surface area contributed by atoms with Gasteiger partial charge in [0, 0.05) is 9.50 Å². The van der Waals surface area contributed by atoms with Crippen LogP contribution in [-0.2, 0) is 11.2 Å². The van der Waals surface area contributed by atoms with Gasteiger partial charge in [-0.15, -0.1) is 0 Å². The van der Waals surface area contributed by atoms with Crippen molar-refractivity contribution in [1.82, 2.24) is 0 Å². The van der Waals surface area contributed by atoms with Crippen molar-refractivity contribution in [3.05, 3.63) is 63.1 Å². The maximum atomic E-state index is 13.8. The molecule has 1 aliphatic rings. The summed E-state index contributed by atoms with van der Waals surface area (Å²) in [4.78, 5) is 0. The Bertz CT molecular complexity index is 686. The summed E-state index contributed by atoms with van der Waals surface area (Å²) in [5.74, 6) is 0.803. The molecule has 0 bridgehead atoms. The molecule has 1 aliphatic heterocycles. The highest BCUT2D eigenvalue weighted by molar-refractivity contribution is 9.10. The molecule has 0 spiro atoms. The fourth-order valence-corrected chi connectivity index (χ4v) is 3.24. The van der Waals surface area contributed by atoms with Gasteiger partial charge in [-0.3, -0.25) is 0 Å². The third-order valence-electron chi connectivity index (χ3n) is 4.09. The quantitative estimate of drug-likeness (QED) is 0.551. The molecule has 0 radical (unpaired) electrons. The molecule has 3 rings (SSSR count). The molecule has 24 heavy (non-hydrogen) atoms. The Labute approximate surface area is 155 Å². The highest BCUT2D eigenvalue weighted by atomic mass is 79.9. The molecule has 0 aromatic heterocycles. The minimum Gasteiger partial charge on any atom is -0.494 e. The Hall–Kier alpha value is -1.10. The lowest BCUT2D eigenvalue weighted by atomic mass is 9.98. The molecular weight excluding hydrogens is 395 g/mol. The minimum absolute atomic E-state index is 0.222. The molecule has 0 atom stereocenters. The molecule has 0 amide bonds. The van der Waals surface area contributed by atoms with Crippen molar-refractivity contribution in [3.8, 4) is 5.75 Å². The molecule has 2 aromatic rings. The average molecular weight is 414 g/mol. The van der Waals surface area contributed by atoms with Crippen molar-refractivity contribution >= 4 is 27.5 Å². The maximum absolute atomic E-state index is 13.8. The zero-order valence-electron chi connectivity index (χ0n) is 13.2. The topological polar surface area (TPSA) is 18.5 Å². The zero-order chi connectivity index (χ0) is 17.0. The molecule has 0 saturated carbocycles. The average Bonchev–Trinajstić information content (AvgIpc) is 2.55. The summed E-state index contributed by atoms with van der Waals surface area (Å²) in [6.07, 6.45) is 1.95. The lowest BCUT2D eigenvalue weighted by molar-refractivity contribution is -0.134. The van der Waals surface area contributed by atoms with Gasteiger partial charge in [0.1, 0.15) is 5.75 Å². The van der Waals surface area contributed by atoms with Crippen LogP contribution in [0.15, 0.2) is 46.9 Å². The van der Waals surface area contributed by atoms with E-state index in [-0.39, 0.29) is 13.2 Å². The third-order valence-corrected chi connectivity index (χ3v) is 4.95. The standard InChI is InChI=1S/C19H19BrClFO2/c20-16-4-7-18(21)15(11-16)10-14-2-5-17(6-3-14)24-9-1-8-19(22)12-23-13-19/h2-7,11H,1,8-10,12-13H2. The summed E-state index contributed by atoms with van der Waals surface area (Å²) in [5.41, 5.74) is 1.11. The fourth-order valence-electron chi connectivity index (χ4n) is 2.65. The van der Waals surface area contributed by atoms with Crippen molar-refractivity contribution in [2.75, 3.05) is 19.8 Å². The molecule has 2 aromatic carbocycles. The van der Waals surface area contributed by atoms with Crippen molar-refractivity contribution in [2.45, 2.75) is 24.9 Å². The van der Waals surface area contributed by atoms with E-state index >= 15 is 0 Å². The Morgan fingerprint density at radius 3 is 2.58 bits per heavy atom. The van der Waals surface area contributed by atoms with Crippen LogP contribution in [0.3, 0.4) is 0 Å². The van der Waals surface area contributed by atoms with E-state index in [4.69, 9.17) is 21.1 Å². The number of benzene rings is 2. The monoisotopic (exact) mass is 412 g/mol. The maximum Gasteiger partial charge on any atom is 0.157 e. The van der Waals surface area contributed by atoms with Crippen LogP contribution >= 0.6 is 27.5 Å². The lowest BCUT2D eigenvalue weighted by Crippen LogP contribution is -2.45. The predicted molar refractivity (Wildman–Crippen MR) is 97.8 cm³/mol. The van der Waals surface area contributed by atoms with Gasteiger partial charge in [-0.2, -0.15) is 0 Å². The third kappa shape index (κ3) is 4.71. The van der Waals surface area contributed by atoms with E-state index in [9.17, 15) is 4.39 Å². The van der Waals surface area contributed by atoms with E-state index < -0.39 is 5.67 Å². The van der Waals surface area contributed by atoms with Gasteiger partial charge in [0.25, 0.3) is 0 Å². The summed E-state index contributed by atoms with van der Waals surface area (Å²) in [5, 5.41) is 0.763. The fraction of sp³-hybridized carbons (Fsp3) is 0.368. The number of ether oxygens (including phenoxy) is 2. The smallest absolute Gasteiger partial charge is 0.157 e. The van der Waals surface area contributed by atoms with Crippen LogP contribution in [-0.4, -0.2) is 25.5 Å². The van der Waals surface area contributed by atoms with Crippen molar-refractivity contribution < 1.29 is 13.9 Å². The zero-order valence-corrected chi connectivity index (χ0v) is 15.6. The molecule has 1 heterocycles. The summed E-state index contributed by atoms with van der Waals surface area (Å²) in [6.45, 7) is 0.961. The molecular formula is C19H19BrClFO2. The van der Waals surface area contributed by atoms with Crippen LogP contribution in [0.2, 0.25) is 5.02 Å². The van der Waals surface area contributed by atoms with Crippen LogP contribution in [0.1, 0.15) is 24.0 Å². The number of halogens is 3. The molecule has 5 heteroatoms. The Balaban J connectivity index is 1.49. The molecule has 0 aliphatic carbocycles. The first-order chi connectivity index (χ1) is 11.5. The van der Waals surface area contributed by atoms with Crippen LogP contribution in [0, 0.1) is 0 Å². The second kappa shape index (κ2) is 7.85. The number of hydrogen-bond acceptors (Lipinski definition) is 2. The van der Waals surface area contributed by atoms with Crippen LogP contribution in [0.4, 0.5) is 4.39 Å². The Morgan fingerprint density at radius 1 is 1.17 bits per heavy atom. The van der Waals surface area contributed by atoms with Crippen LogP contribution in [0.5, 0.6) is 5.75 Å². The van der Waals surface area contributed by atoms with E-state index in [2.05, 4.69) is 15.9 Å². The SMILES string of the molecule is FC1(CCCOc2ccc(Cc3cc(Br)ccc3Cl)cc2)COC1. The normalized spacial score (nSPS) is 15.8. The molecule has 128 valence electrons. The van der Waals surface area contributed by atoms with Gasteiger partial charge in [-0.05, 0) is 60.7 Å². The first kappa shape index (κ1) is 17.7. The number of rotatable bonds is 7. The molecule has 1 fully saturated rings. The van der Waals surface area contributed by atoms with Gasteiger partial charge in [0.2, 0.25) is 0 Å². The van der Waals surface area contributed by atoms with Crippen molar-refractivity contribution in [3.63, 3.8) is 0 Å². The highest BCUT2D eigenvalue weighted by Gasteiger charge is 2.37. The molecule has 2 nitrogen and oxygen atoms in total. The van der Waals surface area contributed by atoms with Crippen molar-refractivity contribution in [2.24, 2.45) is 0 Å². The van der Waals surface area contributed by atoms with Gasteiger partial charge in [-0.25, -0.2) is 4.39 Å². The summed E-state index contributed by atoms with van der Waals surface area (Å²) in [6, 6.07) is 13.8. The predicted octanol–water partition coefficient (Wildman–Crippen LogP) is 5.59. The second-order valence-corrected chi connectivity index (χ2v) is 7.48. The van der Waals surface area contributed by atoms with Gasteiger partial charge in [-0.1, -0.05) is 39.7 Å². The Morgan fingerprint density at radius 2 is 1.92 bits per heavy atom.